The van der Waals surface area contributed by atoms with Gasteiger partial charge in [-0.25, -0.2) is 4.98 Å². The monoisotopic (exact) mass is 333 g/mol. The number of aliphatic hydroxyl groups is 1. The molecule has 3 atom stereocenters. The molecule has 6 nitrogen and oxygen atoms in total. The molecule has 1 saturated carbocycles. The van der Waals surface area contributed by atoms with Crippen LogP contribution >= 0.6 is 11.3 Å². The molecule has 1 aromatic heterocycles. The predicted octanol–water partition coefficient (Wildman–Crippen LogP) is 1.49. The number of hydrogen-bond donors (Lipinski definition) is 2. The third-order valence-electron chi connectivity index (χ3n) is 4.80. The van der Waals surface area contributed by atoms with Gasteiger partial charge in [-0.2, -0.15) is 0 Å². The lowest BCUT2D eigenvalue weighted by molar-refractivity contribution is -0.0448. The number of nitrogen functional groups attached to an aromatic ring is 1. The van der Waals surface area contributed by atoms with Gasteiger partial charge in [0.2, 0.25) is 0 Å². The molecule has 0 bridgehead atoms. The van der Waals surface area contributed by atoms with E-state index in [2.05, 4.69) is 4.98 Å². The summed E-state index contributed by atoms with van der Waals surface area (Å²) in [6.45, 7) is 1.30. The first-order valence-corrected chi connectivity index (χ1v) is 8.67. The van der Waals surface area contributed by atoms with Crippen molar-refractivity contribution in [3.63, 3.8) is 0 Å². The van der Waals surface area contributed by atoms with Gasteiger partial charge in [0, 0.05) is 18.7 Å². The van der Waals surface area contributed by atoms with Gasteiger partial charge < -0.3 is 20.5 Å². The van der Waals surface area contributed by atoms with Crippen molar-refractivity contribution in [3.8, 4) is 0 Å². The molecule has 1 aromatic carbocycles. The lowest BCUT2D eigenvalue weighted by atomic mass is 10.1. The normalized spacial score (nSPS) is 27.3. The zero-order chi connectivity index (χ0) is 16.0. The van der Waals surface area contributed by atoms with Crippen molar-refractivity contribution in [1.29, 1.82) is 0 Å². The molecule has 2 fully saturated rings. The number of carbonyl (C=O) groups is 1. The van der Waals surface area contributed by atoms with Gasteiger partial charge in [0.05, 0.1) is 29.0 Å². The topological polar surface area (TPSA) is 88.7 Å². The van der Waals surface area contributed by atoms with Gasteiger partial charge in [-0.05, 0) is 37.0 Å². The number of nitrogens with two attached hydrogens (primary N) is 1. The zero-order valence-electron chi connectivity index (χ0n) is 12.6. The zero-order valence-corrected chi connectivity index (χ0v) is 13.5. The smallest absolute Gasteiger partial charge is 0.254 e. The number of fused-ring (bicyclic) bond motifs is 2. The Hall–Kier alpha value is -1.70. The van der Waals surface area contributed by atoms with Crippen LogP contribution in [0.2, 0.25) is 0 Å². The largest absolute Gasteiger partial charge is 0.396 e. The number of rotatable bonds is 2. The summed E-state index contributed by atoms with van der Waals surface area (Å²) in [4.78, 5) is 19.1. The third kappa shape index (κ3) is 2.58. The van der Waals surface area contributed by atoms with E-state index in [9.17, 15) is 9.90 Å². The van der Waals surface area contributed by atoms with E-state index < -0.39 is 0 Å². The first-order chi connectivity index (χ1) is 11.2. The number of aliphatic hydroxyl groups excluding tert-OH is 1. The number of benzene rings is 1. The maximum Gasteiger partial charge on any atom is 0.254 e. The predicted molar refractivity (Wildman–Crippen MR) is 88.4 cm³/mol. The van der Waals surface area contributed by atoms with Crippen LogP contribution in [0.25, 0.3) is 10.2 Å². The standard InChI is InChI=1S/C16H19N3O3S/c17-16-18-11-7-10(1-2-14(11)23-16)15(21)19-3-4-22-13-6-9(8-20)5-12(13)19/h1-2,7,9,12-13,20H,3-6,8H2,(H2,17,18)/t9-,12+,13?/m1/s1. The van der Waals surface area contributed by atoms with Crippen LogP contribution in [0, 0.1) is 5.92 Å². The number of amides is 1. The lowest BCUT2D eigenvalue weighted by Gasteiger charge is -2.37. The van der Waals surface area contributed by atoms with Crippen molar-refractivity contribution in [1.82, 2.24) is 9.88 Å². The summed E-state index contributed by atoms with van der Waals surface area (Å²) in [5, 5.41) is 9.91. The summed E-state index contributed by atoms with van der Waals surface area (Å²) in [7, 11) is 0. The van der Waals surface area contributed by atoms with Crippen molar-refractivity contribution in [2.24, 2.45) is 5.92 Å². The number of thiazole rings is 1. The van der Waals surface area contributed by atoms with Crippen LogP contribution in [0.15, 0.2) is 18.2 Å². The highest BCUT2D eigenvalue weighted by molar-refractivity contribution is 7.22. The Kier molecular flexibility index (Phi) is 3.71. The Morgan fingerprint density at radius 1 is 1.48 bits per heavy atom. The fourth-order valence-electron chi connectivity index (χ4n) is 3.70. The Bertz CT molecular complexity index is 747. The fourth-order valence-corrected chi connectivity index (χ4v) is 4.41. The average molecular weight is 333 g/mol. The van der Waals surface area contributed by atoms with Gasteiger partial charge in [0.15, 0.2) is 5.13 Å². The van der Waals surface area contributed by atoms with Crippen LogP contribution < -0.4 is 5.73 Å². The van der Waals surface area contributed by atoms with Gasteiger partial charge in [-0.15, -0.1) is 0 Å². The van der Waals surface area contributed by atoms with Crippen molar-refractivity contribution in [3.05, 3.63) is 23.8 Å². The summed E-state index contributed by atoms with van der Waals surface area (Å²) in [6.07, 6.45) is 1.68. The second-order valence-corrected chi connectivity index (χ2v) is 7.29. The SMILES string of the molecule is Nc1nc2cc(C(=O)N3CCOC4C[C@H](CO)C[C@@H]43)ccc2s1. The van der Waals surface area contributed by atoms with Crippen molar-refractivity contribution >= 4 is 32.6 Å². The molecule has 0 spiro atoms. The highest BCUT2D eigenvalue weighted by Gasteiger charge is 2.42. The van der Waals surface area contributed by atoms with Crippen molar-refractivity contribution in [2.45, 2.75) is 25.0 Å². The Morgan fingerprint density at radius 3 is 3.17 bits per heavy atom. The minimum atomic E-state index is 0.00959. The molecule has 7 heteroatoms. The molecule has 1 amide bonds. The molecule has 2 aromatic rings. The molecule has 4 rings (SSSR count). The minimum Gasteiger partial charge on any atom is -0.396 e. The molecule has 2 aliphatic rings. The van der Waals surface area contributed by atoms with E-state index in [0.29, 0.717) is 23.8 Å². The summed E-state index contributed by atoms with van der Waals surface area (Å²) in [6, 6.07) is 5.61. The van der Waals surface area contributed by atoms with E-state index in [-0.39, 0.29) is 30.6 Å². The second-order valence-electron chi connectivity index (χ2n) is 6.23. The number of nitrogens with zero attached hydrogens (tertiary/aromatic N) is 2. The third-order valence-corrected chi connectivity index (χ3v) is 5.67. The van der Waals surface area contributed by atoms with Gasteiger partial charge >= 0.3 is 0 Å². The van der Waals surface area contributed by atoms with E-state index in [0.717, 1.165) is 23.1 Å². The van der Waals surface area contributed by atoms with E-state index >= 15 is 0 Å². The fraction of sp³-hybridized carbons (Fsp3) is 0.500. The maximum absolute atomic E-state index is 12.9. The summed E-state index contributed by atoms with van der Waals surface area (Å²) < 4.78 is 6.78. The molecule has 2 heterocycles. The molecule has 1 unspecified atom stereocenters. The Labute approximate surface area is 137 Å². The van der Waals surface area contributed by atoms with Crippen LogP contribution in [-0.4, -0.2) is 52.8 Å². The number of anilines is 1. The second kappa shape index (κ2) is 5.74. The summed E-state index contributed by atoms with van der Waals surface area (Å²) in [5.74, 6) is 0.231. The van der Waals surface area contributed by atoms with E-state index in [1.165, 1.54) is 11.3 Å². The molecule has 122 valence electrons. The molecule has 1 aliphatic carbocycles. The molecule has 0 radical (unpaired) electrons. The first-order valence-electron chi connectivity index (χ1n) is 7.85. The number of carbonyl (C=O) groups excluding carboxylic acids is 1. The van der Waals surface area contributed by atoms with Crippen molar-refractivity contribution in [2.75, 3.05) is 25.5 Å². The molecular formula is C16H19N3O3S. The number of hydrogen-bond acceptors (Lipinski definition) is 6. The molecule has 1 saturated heterocycles. The molecule has 23 heavy (non-hydrogen) atoms. The Morgan fingerprint density at radius 2 is 2.35 bits per heavy atom. The molecular weight excluding hydrogens is 314 g/mol. The highest BCUT2D eigenvalue weighted by atomic mass is 32.1. The van der Waals surface area contributed by atoms with Crippen LogP contribution in [-0.2, 0) is 4.74 Å². The van der Waals surface area contributed by atoms with Crippen LogP contribution in [0.3, 0.4) is 0 Å². The quantitative estimate of drug-likeness (QED) is 0.869. The minimum absolute atomic E-state index is 0.00959. The van der Waals surface area contributed by atoms with E-state index in [1.54, 1.807) is 0 Å². The van der Waals surface area contributed by atoms with Crippen LogP contribution in [0.1, 0.15) is 23.2 Å². The highest BCUT2D eigenvalue weighted by Crippen LogP contribution is 2.35. The van der Waals surface area contributed by atoms with Crippen molar-refractivity contribution < 1.29 is 14.6 Å². The van der Waals surface area contributed by atoms with Gasteiger partial charge in [0.25, 0.3) is 5.91 Å². The molecule has 1 aliphatic heterocycles. The number of aromatic nitrogens is 1. The van der Waals surface area contributed by atoms with Crippen LogP contribution in [0.5, 0.6) is 0 Å². The van der Waals surface area contributed by atoms with Gasteiger partial charge in [0.1, 0.15) is 0 Å². The van der Waals surface area contributed by atoms with E-state index in [4.69, 9.17) is 10.5 Å². The first kappa shape index (κ1) is 14.9. The van der Waals surface area contributed by atoms with Gasteiger partial charge in [-0.1, -0.05) is 11.3 Å². The molecule has 3 N–H and O–H groups in total. The summed E-state index contributed by atoms with van der Waals surface area (Å²) >= 11 is 1.42. The maximum atomic E-state index is 12.9. The lowest BCUT2D eigenvalue weighted by Crippen LogP contribution is -2.51. The van der Waals surface area contributed by atoms with Crippen LogP contribution in [0.4, 0.5) is 5.13 Å². The Balaban J connectivity index is 1.61. The number of morpholine rings is 1. The van der Waals surface area contributed by atoms with Gasteiger partial charge in [-0.3, -0.25) is 4.79 Å². The average Bonchev–Trinajstić information content (AvgIpc) is 3.14. The van der Waals surface area contributed by atoms with E-state index in [1.807, 2.05) is 23.1 Å². The number of ether oxygens (including phenoxy) is 1. The summed E-state index contributed by atoms with van der Waals surface area (Å²) in [5.41, 5.74) is 7.13.